The smallest absolute Gasteiger partial charge is 0.0128 e. The van der Waals surface area contributed by atoms with E-state index < -0.39 is 0 Å². The van der Waals surface area contributed by atoms with Crippen LogP contribution in [0.5, 0.6) is 0 Å². The monoisotopic (exact) mass is 322 g/mol. The number of aryl methyl sites for hydroxylation is 1. The van der Waals surface area contributed by atoms with Crippen LogP contribution in [0.1, 0.15) is 11.1 Å². The third-order valence-corrected chi connectivity index (χ3v) is 4.84. The molecule has 110 valence electrons. The molecule has 22 heavy (non-hydrogen) atoms. The van der Waals surface area contributed by atoms with Crippen LogP contribution >= 0.6 is 18.5 Å². The first-order chi connectivity index (χ1) is 10.7. The number of hydrogen-bond acceptors (Lipinski definition) is 0. The molecule has 3 aromatic rings. The van der Waals surface area contributed by atoms with Gasteiger partial charge in [-0.1, -0.05) is 60.7 Å². The van der Waals surface area contributed by atoms with Crippen LogP contribution in [0.4, 0.5) is 0 Å². The van der Waals surface area contributed by atoms with Crippen molar-refractivity contribution in [1.29, 1.82) is 0 Å². The van der Waals surface area contributed by atoms with Gasteiger partial charge in [0.1, 0.15) is 0 Å². The third-order valence-electron chi connectivity index (χ3n) is 3.98. The summed E-state index contributed by atoms with van der Waals surface area (Å²) in [6.07, 6.45) is 1.00. The summed E-state index contributed by atoms with van der Waals surface area (Å²) in [6.45, 7) is 2.18. The summed E-state index contributed by atoms with van der Waals surface area (Å²) < 4.78 is 0. The highest BCUT2D eigenvalue weighted by atomic mass is 31.0. The molecule has 0 aliphatic heterocycles. The van der Waals surface area contributed by atoms with Gasteiger partial charge in [0.25, 0.3) is 0 Å². The maximum absolute atomic E-state index is 2.77. The van der Waals surface area contributed by atoms with E-state index in [0.29, 0.717) is 0 Å². The molecule has 2 unspecified atom stereocenters. The van der Waals surface area contributed by atoms with Crippen molar-refractivity contribution in [1.82, 2.24) is 0 Å². The zero-order valence-corrected chi connectivity index (χ0v) is 15.0. The molecule has 0 bridgehead atoms. The minimum atomic E-state index is 1.00. The van der Waals surface area contributed by atoms with Gasteiger partial charge in [0, 0.05) is 0 Å². The van der Waals surface area contributed by atoms with E-state index in [4.69, 9.17) is 0 Å². The van der Waals surface area contributed by atoms with Crippen molar-refractivity contribution in [3.8, 4) is 22.3 Å². The predicted molar refractivity (Wildman–Crippen MR) is 105 cm³/mol. The maximum Gasteiger partial charge on any atom is -0.0128 e. The van der Waals surface area contributed by atoms with Crippen LogP contribution in [0, 0.1) is 6.92 Å². The Hall–Kier alpha value is -1.48. The summed E-state index contributed by atoms with van der Waals surface area (Å²) in [5.74, 6) is 0. The Morgan fingerprint density at radius 3 is 1.95 bits per heavy atom. The SMILES string of the molecule is Cc1ccc(-c2ccc(P)cc2)cc1-c1ccc(CP)cc1. The zero-order chi connectivity index (χ0) is 15.5. The lowest BCUT2D eigenvalue weighted by molar-refractivity contribution is 1.40. The van der Waals surface area contributed by atoms with Crippen LogP contribution < -0.4 is 5.30 Å². The zero-order valence-electron chi connectivity index (χ0n) is 12.7. The molecule has 2 atom stereocenters. The Kier molecular flexibility index (Phi) is 4.72. The average Bonchev–Trinajstić information content (AvgIpc) is 2.56. The van der Waals surface area contributed by atoms with Crippen molar-refractivity contribution in [3.63, 3.8) is 0 Å². The molecule has 0 fully saturated rings. The summed E-state index contributed by atoms with van der Waals surface area (Å²) in [5, 5.41) is 1.21. The second-order valence-corrected chi connectivity index (χ2v) is 6.63. The average molecular weight is 322 g/mol. The Labute approximate surface area is 137 Å². The maximum atomic E-state index is 2.77. The minimum Gasteiger partial charge on any atom is -0.133 e. The van der Waals surface area contributed by atoms with Crippen LogP contribution in [0.3, 0.4) is 0 Å². The Morgan fingerprint density at radius 2 is 1.32 bits per heavy atom. The highest BCUT2D eigenvalue weighted by Crippen LogP contribution is 2.29. The van der Waals surface area contributed by atoms with Gasteiger partial charge < -0.3 is 0 Å². The molecule has 0 spiro atoms. The molecule has 3 aromatic carbocycles. The molecule has 0 N–H and O–H groups in total. The molecule has 3 rings (SSSR count). The first-order valence-electron chi connectivity index (χ1n) is 7.43. The number of benzene rings is 3. The van der Waals surface area contributed by atoms with Gasteiger partial charge in [-0.3, -0.25) is 0 Å². The molecule has 0 aliphatic rings. The lowest BCUT2D eigenvalue weighted by Crippen LogP contribution is -1.90. The number of hydrogen-bond donors (Lipinski definition) is 0. The highest BCUT2D eigenvalue weighted by Gasteiger charge is 2.05. The molecule has 0 heterocycles. The van der Waals surface area contributed by atoms with Crippen molar-refractivity contribution in [2.24, 2.45) is 0 Å². The molecule has 0 radical (unpaired) electrons. The van der Waals surface area contributed by atoms with E-state index in [-0.39, 0.29) is 0 Å². The van der Waals surface area contributed by atoms with Gasteiger partial charge in [-0.15, -0.1) is 18.5 Å². The van der Waals surface area contributed by atoms with E-state index in [2.05, 4.69) is 92.1 Å². The van der Waals surface area contributed by atoms with Gasteiger partial charge >= 0.3 is 0 Å². The molecule has 0 aromatic heterocycles. The molecule has 0 aliphatic carbocycles. The second-order valence-electron chi connectivity index (χ2n) is 5.55. The Balaban J connectivity index is 2.04. The highest BCUT2D eigenvalue weighted by molar-refractivity contribution is 7.27. The fourth-order valence-corrected chi connectivity index (χ4v) is 3.07. The normalized spacial score (nSPS) is 10.7. The third kappa shape index (κ3) is 3.30. The molecule has 2 heteroatoms. The summed E-state index contributed by atoms with van der Waals surface area (Å²) in [5.41, 5.74) is 7.77. The van der Waals surface area contributed by atoms with Crippen molar-refractivity contribution in [3.05, 3.63) is 77.9 Å². The predicted octanol–water partition coefficient (Wildman–Crippen LogP) is 5.20. The van der Waals surface area contributed by atoms with Gasteiger partial charge in [-0.2, -0.15) is 0 Å². The van der Waals surface area contributed by atoms with Gasteiger partial charge in [0.05, 0.1) is 0 Å². The quantitative estimate of drug-likeness (QED) is 0.581. The Bertz CT molecular complexity index is 772. The number of rotatable bonds is 3. The standard InChI is InChI=1S/C20H20P2/c1-14-2-5-18(16-8-10-19(22)11-9-16)12-20(14)17-6-3-15(13-21)4-7-17/h2-12H,13,21-22H2,1H3. The van der Waals surface area contributed by atoms with Crippen molar-refractivity contribution < 1.29 is 0 Å². The van der Waals surface area contributed by atoms with Crippen LogP contribution in [-0.2, 0) is 6.16 Å². The van der Waals surface area contributed by atoms with E-state index in [9.17, 15) is 0 Å². The molecule has 0 saturated heterocycles. The van der Waals surface area contributed by atoms with Crippen molar-refractivity contribution in [2.75, 3.05) is 0 Å². The largest absolute Gasteiger partial charge is 0.133 e. The van der Waals surface area contributed by atoms with Gasteiger partial charge in [0.2, 0.25) is 0 Å². The van der Waals surface area contributed by atoms with E-state index >= 15 is 0 Å². The molecular weight excluding hydrogens is 302 g/mol. The summed E-state index contributed by atoms with van der Waals surface area (Å²) in [4.78, 5) is 0. The molecule has 0 nitrogen and oxygen atoms in total. The van der Waals surface area contributed by atoms with Crippen LogP contribution in [0.25, 0.3) is 22.3 Å². The van der Waals surface area contributed by atoms with Gasteiger partial charge in [-0.25, -0.2) is 0 Å². The van der Waals surface area contributed by atoms with Gasteiger partial charge in [0.15, 0.2) is 0 Å². The second kappa shape index (κ2) is 6.74. The van der Waals surface area contributed by atoms with E-state index in [0.717, 1.165) is 6.16 Å². The molecule has 0 amide bonds. The first-order valence-corrected chi connectivity index (χ1v) is 8.83. The van der Waals surface area contributed by atoms with Crippen molar-refractivity contribution >= 4 is 23.8 Å². The lowest BCUT2D eigenvalue weighted by Gasteiger charge is -2.10. The fraction of sp³-hybridized carbons (Fsp3) is 0.100. The van der Waals surface area contributed by atoms with E-state index in [1.54, 1.807) is 0 Å². The van der Waals surface area contributed by atoms with Crippen LogP contribution in [0.15, 0.2) is 66.7 Å². The lowest BCUT2D eigenvalue weighted by atomic mass is 9.95. The molecule has 0 saturated carbocycles. The topological polar surface area (TPSA) is 0 Å². The van der Waals surface area contributed by atoms with Gasteiger partial charge in [-0.05, 0) is 57.8 Å². The summed E-state index contributed by atoms with van der Waals surface area (Å²) >= 11 is 0. The molecular formula is C20H20P2. The Morgan fingerprint density at radius 1 is 0.727 bits per heavy atom. The fourth-order valence-electron chi connectivity index (χ4n) is 2.61. The summed E-state index contributed by atoms with van der Waals surface area (Å²) in [6, 6.07) is 24.2. The minimum absolute atomic E-state index is 1.00. The van der Waals surface area contributed by atoms with Crippen LogP contribution in [0.2, 0.25) is 0 Å². The van der Waals surface area contributed by atoms with E-state index in [1.165, 1.54) is 38.7 Å². The van der Waals surface area contributed by atoms with Crippen molar-refractivity contribution in [2.45, 2.75) is 13.1 Å². The van der Waals surface area contributed by atoms with E-state index in [1.807, 2.05) is 0 Å². The summed E-state index contributed by atoms with van der Waals surface area (Å²) in [7, 11) is 5.50. The first kappa shape index (κ1) is 15.4. The van der Waals surface area contributed by atoms with Crippen LogP contribution in [-0.4, -0.2) is 0 Å².